The molecule has 4 fully saturated rings. The summed E-state index contributed by atoms with van der Waals surface area (Å²) in [5, 5.41) is 0.715. The van der Waals surface area contributed by atoms with Crippen molar-refractivity contribution in [1.29, 1.82) is 0 Å². The van der Waals surface area contributed by atoms with Crippen molar-refractivity contribution in [3.05, 3.63) is 29.3 Å². The first-order valence-electron chi connectivity index (χ1n) is 13.9. The molecule has 35 heavy (non-hydrogen) atoms. The first-order valence-corrected chi connectivity index (χ1v) is 15.0. The molecule has 0 N–H and O–H groups in total. The lowest BCUT2D eigenvalue weighted by Gasteiger charge is -2.53. The second-order valence-corrected chi connectivity index (χ2v) is 12.3. The van der Waals surface area contributed by atoms with Crippen molar-refractivity contribution in [1.82, 2.24) is 0 Å². The van der Waals surface area contributed by atoms with Crippen LogP contribution in [0.15, 0.2) is 18.2 Å². The Hall–Kier alpha value is -0.950. The summed E-state index contributed by atoms with van der Waals surface area (Å²) in [5.41, 5.74) is 2.21. The molecule has 0 amide bonds. The molecule has 2 aliphatic heterocycles. The van der Waals surface area contributed by atoms with Crippen LogP contribution in [0.3, 0.4) is 0 Å². The SMILES string of the molecule is CC12CCC3c4ccc(OC5CCCCO5)cc4C(=O)C(CBr)C3C1CCC2OC1CCCCO1. The van der Waals surface area contributed by atoms with Crippen molar-refractivity contribution in [2.24, 2.45) is 23.2 Å². The van der Waals surface area contributed by atoms with Gasteiger partial charge >= 0.3 is 0 Å². The van der Waals surface area contributed by atoms with E-state index in [1.165, 1.54) is 12.0 Å². The average Bonchev–Trinajstić information content (AvgIpc) is 3.21. The molecule has 5 aliphatic rings. The Morgan fingerprint density at radius 2 is 1.77 bits per heavy atom. The van der Waals surface area contributed by atoms with Gasteiger partial charge in [-0.15, -0.1) is 0 Å². The molecule has 8 unspecified atom stereocenters. The number of halogens is 1. The Morgan fingerprint density at radius 1 is 1.00 bits per heavy atom. The highest BCUT2D eigenvalue weighted by Gasteiger charge is 2.59. The highest BCUT2D eigenvalue weighted by Crippen LogP contribution is 2.63. The molecule has 192 valence electrons. The largest absolute Gasteiger partial charge is 0.465 e. The van der Waals surface area contributed by atoms with Crippen molar-refractivity contribution >= 4 is 21.7 Å². The minimum Gasteiger partial charge on any atom is -0.465 e. The smallest absolute Gasteiger partial charge is 0.199 e. The number of carbonyl (C=O) groups excluding carboxylic acids is 1. The molecule has 1 aromatic rings. The summed E-state index contributed by atoms with van der Waals surface area (Å²) in [4.78, 5) is 13.9. The van der Waals surface area contributed by atoms with Gasteiger partial charge in [0.1, 0.15) is 5.75 Å². The number of rotatable bonds is 5. The zero-order valence-corrected chi connectivity index (χ0v) is 22.5. The Labute approximate surface area is 217 Å². The highest BCUT2D eigenvalue weighted by atomic mass is 79.9. The number of benzene rings is 1. The molecule has 2 saturated heterocycles. The number of hydrogen-bond acceptors (Lipinski definition) is 5. The number of ketones is 1. The standard InChI is InChI=1S/C29H39BrO5/c1-29-13-12-20-19-9-8-18(34-25-6-2-4-14-32-25)16-21(19)28(31)22(17-30)27(20)23(29)10-11-24(29)35-26-7-3-5-15-33-26/h8-9,16,20,22-27H,2-7,10-15,17H2,1H3. The van der Waals surface area contributed by atoms with Crippen molar-refractivity contribution < 1.29 is 23.7 Å². The lowest BCUT2D eigenvalue weighted by molar-refractivity contribution is -0.213. The Kier molecular flexibility index (Phi) is 7.02. The number of ether oxygens (including phenoxy) is 4. The Morgan fingerprint density at radius 3 is 2.49 bits per heavy atom. The van der Waals surface area contributed by atoms with Gasteiger partial charge in [0.15, 0.2) is 18.4 Å². The number of hydrogen-bond donors (Lipinski definition) is 0. The lowest BCUT2D eigenvalue weighted by atomic mass is 9.52. The minimum atomic E-state index is -0.195. The van der Waals surface area contributed by atoms with Gasteiger partial charge in [0, 0.05) is 29.8 Å². The number of carbonyl (C=O) groups is 1. The molecule has 0 bridgehead atoms. The van der Waals surface area contributed by atoms with Gasteiger partial charge in [0.2, 0.25) is 0 Å². The summed E-state index contributed by atoms with van der Waals surface area (Å²) < 4.78 is 24.4. The van der Waals surface area contributed by atoms with Crippen molar-refractivity contribution in [2.75, 3.05) is 18.5 Å². The molecule has 0 aromatic heterocycles. The van der Waals surface area contributed by atoms with E-state index in [9.17, 15) is 4.79 Å². The van der Waals surface area contributed by atoms with Crippen LogP contribution in [0.25, 0.3) is 0 Å². The molecule has 3 aliphatic carbocycles. The van der Waals surface area contributed by atoms with E-state index in [-0.39, 0.29) is 35.8 Å². The van der Waals surface area contributed by atoms with Crippen molar-refractivity contribution in [3.8, 4) is 5.75 Å². The zero-order valence-electron chi connectivity index (χ0n) is 20.9. The number of fused-ring (bicyclic) bond motifs is 5. The molecule has 6 heteroatoms. The molecular formula is C29H39BrO5. The summed E-state index contributed by atoms with van der Waals surface area (Å²) in [5.74, 6) is 2.33. The molecule has 2 heterocycles. The van der Waals surface area contributed by atoms with Gasteiger partial charge in [-0.25, -0.2) is 0 Å². The van der Waals surface area contributed by atoms with E-state index in [2.05, 4.69) is 35.0 Å². The van der Waals surface area contributed by atoms with Gasteiger partial charge in [-0.1, -0.05) is 28.9 Å². The van der Waals surface area contributed by atoms with Crippen LogP contribution in [0.2, 0.25) is 0 Å². The van der Waals surface area contributed by atoms with Crippen molar-refractivity contribution in [2.45, 2.75) is 95.7 Å². The fourth-order valence-corrected chi connectivity index (χ4v) is 8.67. The maximum Gasteiger partial charge on any atom is 0.199 e. The predicted molar refractivity (Wildman–Crippen MR) is 137 cm³/mol. The molecule has 0 radical (unpaired) electrons. The predicted octanol–water partition coefficient (Wildman–Crippen LogP) is 6.62. The van der Waals surface area contributed by atoms with Gasteiger partial charge < -0.3 is 18.9 Å². The number of alkyl halides is 1. The van der Waals surface area contributed by atoms with Gasteiger partial charge in [-0.2, -0.15) is 0 Å². The quantitative estimate of drug-likeness (QED) is 0.388. The van der Waals surface area contributed by atoms with Gasteiger partial charge in [-0.3, -0.25) is 4.79 Å². The van der Waals surface area contributed by atoms with E-state index >= 15 is 0 Å². The van der Waals surface area contributed by atoms with Gasteiger partial charge in [0.05, 0.1) is 12.7 Å². The van der Waals surface area contributed by atoms with Crippen LogP contribution in [0.4, 0.5) is 0 Å². The maximum absolute atomic E-state index is 13.9. The summed E-state index contributed by atoms with van der Waals surface area (Å²) in [6.45, 7) is 4.00. The third kappa shape index (κ3) is 4.41. The van der Waals surface area contributed by atoms with Gasteiger partial charge in [0.25, 0.3) is 0 Å². The molecule has 1 aromatic carbocycles. The van der Waals surface area contributed by atoms with Crippen LogP contribution in [0.1, 0.15) is 93.0 Å². The molecule has 8 atom stereocenters. The summed E-state index contributed by atoms with van der Waals surface area (Å²) in [6, 6.07) is 6.23. The third-order valence-corrected chi connectivity index (χ3v) is 10.5. The third-order valence-electron chi connectivity index (χ3n) is 9.76. The van der Waals surface area contributed by atoms with E-state index in [1.54, 1.807) is 0 Å². The van der Waals surface area contributed by atoms with E-state index in [0.29, 0.717) is 23.1 Å². The molecular weight excluding hydrogens is 508 g/mol. The minimum absolute atomic E-state index is 0.00276. The fraction of sp³-hybridized carbons (Fsp3) is 0.759. The van der Waals surface area contributed by atoms with Crippen molar-refractivity contribution in [3.63, 3.8) is 0 Å². The molecule has 2 saturated carbocycles. The van der Waals surface area contributed by atoms with Gasteiger partial charge in [-0.05, 0) is 98.7 Å². The first-order chi connectivity index (χ1) is 17.1. The monoisotopic (exact) mass is 546 g/mol. The summed E-state index contributed by atoms with van der Waals surface area (Å²) in [6.07, 6.45) is 10.9. The van der Waals surface area contributed by atoms with Crippen LogP contribution < -0.4 is 4.74 Å². The zero-order chi connectivity index (χ0) is 24.0. The van der Waals surface area contributed by atoms with Crippen LogP contribution in [0.5, 0.6) is 5.75 Å². The molecule has 6 rings (SSSR count). The lowest BCUT2D eigenvalue weighted by Crippen LogP contribution is -2.50. The maximum atomic E-state index is 13.9. The fourth-order valence-electron chi connectivity index (χ4n) is 7.94. The summed E-state index contributed by atoms with van der Waals surface area (Å²) >= 11 is 3.75. The van der Waals surface area contributed by atoms with E-state index in [4.69, 9.17) is 18.9 Å². The van der Waals surface area contributed by atoms with E-state index in [0.717, 1.165) is 82.3 Å². The van der Waals surface area contributed by atoms with Crippen LogP contribution >= 0.6 is 15.9 Å². The Balaban J connectivity index is 1.25. The van der Waals surface area contributed by atoms with Crippen LogP contribution in [-0.4, -0.2) is 43.0 Å². The average molecular weight is 548 g/mol. The second-order valence-electron chi connectivity index (χ2n) is 11.6. The second kappa shape index (κ2) is 10.1. The molecule has 5 nitrogen and oxygen atoms in total. The molecule has 0 spiro atoms. The van der Waals surface area contributed by atoms with Crippen LogP contribution in [-0.2, 0) is 14.2 Å². The van der Waals surface area contributed by atoms with E-state index < -0.39 is 0 Å². The normalized spacial score (nSPS) is 41.1. The number of Topliss-reactive ketones (excluding diaryl/α,β-unsaturated/α-hetero) is 1. The Bertz CT molecular complexity index is 924. The van der Waals surface area contributed by atoms with E-state index in [1.807, 2.05) is 6.07 Å². The first kappa shape index (κ1) is 24.4. The highest BCUT2D eigenvalue weighted by molar-refractivity contribution is 9.09. The topological polar surface area (TPSA) is 54.0 Å². The van der Waals surface area contributed by atoms with Crippen LogP contribution in [0, 0.1) is 23.2 Å². The summed E-state index contributed by atoms with van der Waals surface area (Å²) in [7, 11) is 0.